The molecule has 1 aliphatic rings. The van der Waals surface area contributed by atoms with Crippen molar-refractivity contribution in [2.24, 2.45) is 0 Å². The van der Waals surface area contributed by atoms with Crippen LogP contribution in [0.5, 0.6) is 0 Å². The summed E-state index contributed by atoms with van der Waals surface area (Å²) in [6, 6.07) is 10.6. The van der Waals surface area contributed by atoms with Crippen LogP contribution in [0.4, 0.5) is 10.8 Å². The number of carbonyl (C=O) groups is 1. The van der Waals surface area contributed by atoms with Gasteiger partial charge in [-0.05, 0) is 43.2 Å². The molecular formula is C24H24N4O4S2. The predicted molar refractivity (Wildman–Crippen MR) is 137 cm³/mol. The van der Waals surface area contributed by atoms with Crippen LogP contribution in [0, 0.1) is 24.0 Å². The molecule has 176 valence electrons. The Labute approximate surface area is 204 Å². The van der Waals surface area contributed by atoms with Crippen LogP contribution in [0.3, 0.4) is 0 Å². The topological polar surface area (TPSA) is 88.8 Å². The number of thiazole rings is 1. The first kappa shape index (κ1) is 22.9. The number of non-ortho nitro benzene ring substituents is 1. The number of thiophene rings is 1. The predicted octanol–water partition coefficient (Wildman–Crippen LogP) is 5.02. The number of hydrogen-bond acceptors (Lipinski definition) is 8. The van der Waals surface area contributed by atoms with Gasteiger partial charge in [-0.3, -0.25) is 24.7 Å². The second-order valence-corrected chi connectivity index (χ2v) is 10.5. The van der Waals surface area contributed by atoms with Crippen LogP contribution in [0.1, 0.15) is 20.8 Å². The summed E-state index contributed by atoms with van der Waals surface area (Å²) in [5, 5.41) is 12.5. The van der Waals surface area contributed by atoms with E-state index in [9.17, 15) is 14.9 Å². The number of carbonyl (C=O) groups excluding carboxylic acids is 1. The van der Waals surface area contributed by atoms with Crippen LogP contribution in [0.15, 0.2) is 36.4 Å². The maximum Gasteiger partial charge on any atom is 0.270 e. The molecule has 5 rings (SSSR count). The molecule has 1 aliphatic heterocycles. The Bertz CT molecular complexity index is 1390. The van der Waals surface area contributed by atoms with E-state index in [0.717, 1.165) is 45.7 Å². The minimum Gasteiger partial charge on any atom is -0.379 e. The van der Waals surface area contributed by atoms with Gasteiger partial charge in [0.15, 0.2) is 5.13 Å². The normalized spacial score (nSPS) is 14.6. The number of anilines is 1. The Morgan fingerprint density at radius 1 is 1.18 bits per heavy atom. The summed E-state index contributed by atoms with van der Waals surface area (Å²) in [4.78, 5) is 33.9. The van der Waals surface area contributed by atoms with E-state index in [1.165, 1.54) is 34.8 Å². The van der Waals surface area contributed by atoms with Crippen molar-refractivity contribution in [2.75, 3.05) is 44.3 Å². The fourth-order valence-electron chi connectivity index (χ4n) is 4.21. The van der Waals surface area contributed by atoms with E-state index in [0.29, 0.717) is 35.2 Å². The molecule has 1 amide bonds. The number of amides is 1. The Balaban J connectivity index is 1.50. The highest BCUT2D eigenvalue weighted by Gasteiger charge is 2.25. The van der Waals surface area contributed by atoms with Gasteiger partial charge < -0.3 is 4.74 Å². The number of hydrogen-bond donors (Lipinski definition) is 0. The zero-order valence-electron chi connectivity index (χ0n) is 18.9. The third-order valence-corrected chi connectivity index (χ3v) is 8.28. The van der Waals surface area contributed by atoms with Crippen molar-refractivity contribution in [1.82, 2.24) is 9.88 Å². The lowest BCUT2D eigenvalue weighted by atomic mass is 10.1. The molecule has 0 N–H and O–H groups in total. The van der Waals surface area contributed by atoms with Gasteiger partial charge in [0.05, 0.1) is 33.2 Å². The summed E-state index contributed by atoms with van der Waals surface area (Å²) >= 11 is 2.88. The largest absolute Gasteiger partial charge is 0.379 e. The molecule has 0 aliphatic carbocycles. The van der Waals surface area contributed by atoms with E-state index in [1.807, 2.05) is 13.0 Å². The van der Waals surface area contributed by atoms with E-state index in [1.54, 1.807) is 17.0 Å². The number of aryl methyl sites for hydroxylation is 2. The molecule has 0 bridgehead atoms. The number of fused-ring (bicyclic) bond motifs is 2. The number of nitrogens with zero attached hydrogens (tertiary/aromatic N) is 4. The average Bonchev–Trinajstić information content (AvgIpc) is 3.43. The average molecular weight is 497 g/mol. The molecular weight excluding hydrogens is 472 g/mol. The van der Waals surface area contributed by atoms with E-state index >= 15 is 0 Å². The highest BCUT2D eigenvalue weighted by molar-refractivity contribution is 7.23. The first-order valence-corrected chi connectivity index (χ1v) is 12.7. The van der Waals surface area contributed by atoms with Crippen LogP contribution in [0.25, 0.3) is 20.3 Å². The second kappa shape index (κ2) is 9.38. The molecule has 1 fully saturated rings. The van der Waals surface area contributed by atoms with Gasteiger partial charge in [-0.25, -0.2) is 4.98 Å². The molecule has 0 radical (unpaired) electrons. The maximum atomic E-state index is 13.8. The quantitative estimate of drug-likeness (QED) is 0.275. The monoisotopic (exact) mass is 496 g/mol. The minimum absolute atomic E-state index is 0.0190. The van der Waals surface area contributed by atoms with Crippen LogP contribution < -0.4 is 4.90 Å². The zero-order chi connectivity index (χ0) is 23.8. The molecule has 0 saturated carbocycles. The van der Waals surface area contributed by atoms with Gasteiger partial charge in [0.1, 0.15) is 0 Å². The van der Waals surface area contributed by atoms with E-state index in [2.05, 4.69) is 17.9 Å². The Morgan fingerprint density at radius 2 is 1.97 bits per heavy atom. The van der Waals surface area contributed by atoms with E-state index in [-0.39, 0.29) is 11.6 Å². The summed E-state index contributed by atoms with van der Waals surface area (Å²) in [7, 11) is 0. The Hall–Kier alpha value is -2.92. The Kier molecular flexibility index (Phi) is 6.30. The number of benzene rings is 2. The standard InChI is InChI=1S/C24H24N4O4S2/c1-15-11-16(2)22-19(12-15)25-24(34-22)27(6-5-26-7-9-32-10-8-26)23(29)21-14-17-13-18(28(30)31)3-4-20(17)33-21/h3-4,11-14H,5-10H2,1-2H3. The zero-order valence-corrected chi connectivity index (χ0v) is 20.6. The molecule has 2 aromatic carbocycles. The van der Waals surface area contributed by atoms with Gasteiger partial charge in [0.25, 0.3) is 11.6 Å². The third kappa shape index (κ3) is 4.54. The molecule has 34 heavy (non-hydrogen) atoms. The molecule has 3 heterocycles. The highest BCUT2D eigenvalue weighted by atomic mass is 32.1. The van der Waals surface area contributed by atoms with Crippen molar-refractivity contribution in [3.05, 3.63) is 62.5 Å². The lowest BCUT2D eigenvalue weighted by Gasteiger charge is -2.29. The Morgan fingerprint density at radius 3 is 2.74 bits per heavy atom. The van der Waals surface area contributed by atoms with Crippen molar-refractivity contribution in [3.8, 4) is 0 Å². The minimum atomic E-state index is -0.418. The molecule has 8 nitrogen and oxygen atoms in total. The van der Waals surface area contributed by atoms with Crippen molar-refractivity contribution in [1.29, 1.82) is 0 Å². The summed E-state index contributed by atoms with van der Waals surface area (Å²) in [5.74, 6) is -0.134. The molecule has 4 aromatic rings. The van der Waals surface area contributed by atoms with Gasteiger partial charge >= 0.3 is 0 Å². The molecule has 0 atom stereocenters. The van der Waals surface area contributed by atoms with Crippen LogP contribution >= 0.6 is 22.7 Å². The fraction of sp³-hybridized carbons (Fsp3) is 0.333. The highest BCUT2D eigenvalue weighted by Crippen LogP contribution is 2.35. The summed E-state index contributed by atoms with van der Waals surface area (Å²) < 4.78 is 7.38. The number of rotatable bonds is 6. The fourth-order valence-corrected chi connectivity index (χ4v) is 6.25. The molecule has 2 aromatic heterocycles. The number of nitro groups is 1. The number of aromatic nitrogens is 1. The third-order valence-electron chi connectivity index (χ3n) is 5.95. The summed E-state index contributed by atoms with van der Waals surface area (Å²) in [6.07, 6.45) is 0. The van der Waals surface area contributed by atoms with E-state index < -0.39 is 4.92 Å². The van der Waals surface area contributed by atoms with Crippen molar-refractivity contribution in [2.45, 2.75) is 13.8 Å². The van der Waals surface area contributed by atoms with Crippen molar-refractivity contribution in [3.63, 3.8) is 0 Å². The SMILES string of the molecule is Cc1cc(C)c2sc(N(CCN3CCOCC3)C(=O)c3cc4cc([N+](=O)[O-])ccc4s3)nc2c1. The number of nitro benzene ring substituents is 1. The molecule has 10 heteroatoms. The van der Waals surface area contributed by atoms with Gasteiger partial charge in [-0.1, -0.05) is 17.4 Å². The first-order valence-electron chi connectivity index (χ1n) is 11.1. The first-order chi connectivity index (χ1) is 16.4. The molecule has 1 saturated heterocycles. The smallest absolute Gasteiger partial charge is 0.270 e. The van der Waals surface area contributed by atoms with Crippen molar-refractivity contribution >= 4 is 59.7 Å². The second-order valence-electron chi connectivity index (χ2n) is 8.43. The van der Waals surface area contributed by atoms with Crippen molar-refractivity contribution < 1.29 is 14.5 Å². The van der Waals surface area contributed by atoms with Gasteiger partial charge in [0, 0.05) is 48.4 Å². The number of morpholine rings is 1. The summed E-state index contributed by atoms with van der Waals surface area (Å²) in [6.45, 7) is 8.41. The van der Waals surface area contributed by atoms with Gasteiger partial charge in [-0.15, -0.1) is 11.3 Å². The lowest BCUT2D eigenvalue weighted by Crippen LogP contribution is -2.43. The van der Waals surface area contributed by atoms with Crippen LogP contribution in [-0.4, -0.2) is 60.1 Å². The van der Waals surface area contributed by atoms with Gasteiger partial charge in [-0.2, -0.15) is 0 Å². The van der Waals surface area contributed by atoms with Crippen LogP contribution in [-0.2, 0) is 4.74 Å². The molecule has 0 unspecified atom stereocenters. The van der Waals surface area contributed by atoms with E-state index in [4.69, 9.17) is 9.72 Å². The molecule has 0 spiro atoms. The van der Waals surface area contributed by atoms with Gasteiger partial charge in [0.2, 0.25) is 0 Å². The maximum absolute atomic E-state index is 13.8. The summed E-state index contributed by atoms with van der Waals surface area (Å²) in [5.41, 5.74) is 3.20. The number of ether oxygens (including phenoxy) is 1. The van der Waals surface area contributed by atoms with Crippen LogP contribution in [0.2, 0.25) is 0 Å². The lowest BCUT2D eigenvalue weighted by molar-refractivity contribution is -0.384.